The van der Waals surface area contributed by atoms with Crippen LogP contribution in [-0.4, -0.2) is 16.5 Å². The number of halogens is 1. The van der Waals surface area contributed by atoms with Crippen molar-refractivity contribution in [3.63, 3.8) is 0 Å². The van der Waals surface area contributed by atoms with Gasteiger partial charge in [-0.3, -0.25) is 4.79 Å². The van der Waals surface area contributed by atoms with Gasteiger partial charge < -0.3 is 5.11 Å². The van der Waals surface area contributed by atoms with Gasteiger partial charge in [0.2, 0.25) is 0 Å². The van der Waals surface area contributed by atoms with Gasteiger partial charge in [0.1, 0.15) is 5.38 Å². The van der Waals surface area contributed by atoms with E-state index in [1.165, 1.54) is 51.4 Å². The highest BCUT2D eigenvalue weighted by atomic mass is 35.5. The van der Waals surface area contributed by atoms with E-state index < -0.39 is 11.3 Å². The molecule has 0 radical (unpaired) electrons. The fourth-order valence-electron chi connectivity index (χ4n) is 1.93. The van der Waals surface area contributed by atoms with E-state index >= 15 is 0 Å². The Balaban J connectivity index is 3.06. The molecule has 0 aliphatic carbocycles. The van der Waals surface area contributed by atoms with Crippen LogP contribution in [0.2, 0.25) is 0 Å². The summed E-state index contributed by atoms with van der Waals surface area (Å²) < 4.78 is 0. The Kier molecular flexibility index (Phi) is 12.1. The Morgan fingerprint density at radius 2 is 1.35 bits per heavy atom. The largest absolute Gasteiger partial charge is 0.480 e. The number of unbranched alkanes of at least 4 members (excludes halogenated alkanes) is 9. The van der Waals surface area contributed by atoms with Gasteiger partial charge >= 0.3 is 5.97 Å². The Hall–Kier alpha value is -0.240. The molecular formula is C14H27ClO2. The number of carbonyl (C=O) groups is 1. The van der Waals surface area contributed by atoms with Gasteiger partial charge in [-0.05, 0) is 6.42 Å². The Morgan fingerprint density at radius 1 is 0.941 bits per heavy atom. The second kappa shape index (κ2) is 12.2. The molecule has 0 amide bonds. The predicted molar refractivity (Wildman–Crippen MR) is 73.7 cm³/mol. The first-order chi connectivity index (χ1) is 8.18. The summed E-state index contributed by atoms with van der Waals surface area (Å²) in [6, 6.07) is 0. The molecule has 2 nitrogen and oxygen atoms in total. The zero-order chi connectivity index (χ0) is 12.9. The minimum absolute atomic E-state index is 0.605. The van der Waals surface area contributed by atoms with Gasteiger partial charge in [0.05, 0.1) is 0 Å². The third kappa shape index (κ3) is 12.0. The van der Waals surface area contributed by atoms with Gasteiger partial charge in [-0.25, -0.2) is 0 Å². The Bertz CT molecular complexity index is 183. The van der Waals surface area contributed by atoms with E-state index in [1.54, 1.807) is 0 Å². The van der Waals surface area contributed by atoms with Crippen LogP contribution in [0.5, 0.6) is 0 Å². The number of carboxylic acid groups (broad SMARTS) is 1. The van der Waals surface area contributed by atoms with Crippen LogP contribution in [0.4, 0.5) is 0 Å². The molecule has 0 fully saturated rings. The Labute approximate surface area is 111 Å². The van der Waals surface area contributed by atoms with E-state index in [1.807, 2.05) is 0 Å². The molecule has 0 bridgehead atoms. The van der Waals surface area contributed by atoms with Crippen LogP contribution in [0.1, 0.15) is 77.6 Å². The molecule has 0 saturated heterocycles. The summed E-state index contributed by atoms with van der Waals surface area (Å²) in [5, 5.41) is 7.90. The highest BCUT2D eigenvalue weighted by Gasteiger charge is 2.11. The van der Waals surface area contributed by atoms with Crippen LogP contribution in [0.15, 0.2) is 0 Å². The maximum absolute atomic E-state index is 10.5. The lowest BCUT2D eigenvalue weighted by Crippen LogP contribution is -2.12. The summed E-state index contributed by atoms with van der Waals surface area (Å²) in [5.74, 6) is -0.886. The topological polar surface area (TPSA) is 37.3 Å². The van der Waals surface area contributed by atoms with Gasteiger partial charge in [0, 0.05) is 0 Å². The van der Waals surface area contributed by atoms with Crippen LogP contribution in [0.25, 0.3) is 0 Å². The predicted octanol–water partition coefficient (Wildman–Crippen LogP) is 4.99. The number of alkyl halides is 1. The van der Waals surface area contributed by atoms with E-state index in [0.717, 1.165) is 12.8 Å². The molecule has 102 valence electrons. The van der Waals surface area contributed by atoms with Crippen molar-refractivity contribution in [1.82, 2.24) is 0 Å². The van der Waals surface area contributed by atoms with Crippen LogP contribution in [0, 0.1) is 0 Å². The molecule has 0 aromatic carbocycles. The average Bonchev–Trinajstić information content (AvgIpc) is 2.31. The molecule has 0 aliphatic rings. The molecule has 0 saturated carbocycles. The van der Waals surface area contributed by atoms with Crippen molar-refractivity contribution >= 4 is 17.6 Å². The smallest absolute Gasteiger partial charge is 0.321 e. The van der Waals surface area contributed by atoms with Crippen molar-refractivity contribution in [2.45, 2.75) is 82.9 Å². The molecule has 0 heterocycles. The highest BCUT2D eigenvalue weighted by Crippen LogP contribution is 2.13. The van der Waals surface area contributed by atoms with Crippen molar-refractivity contribution in [2.24, 2.45) is 0 Å². The van der Waals surface area contributed by atoms with Crippen molar-refractivity contribution < 1.29 is 9.90 Å². The SMILES string of the molecule is CCCCCCCCCCCCC(Cl)C(=O)O. The third-order valence-corrected chi connectivity index (χ3v) is 3.48. The number of hydrogen-bond donors (Lipinski definition) is 1. The molecule has 1 unspecified atom stereocenters. The van der Waals surface area contributed by atoms with Crippen LogP contribution in [0.3, 0.4) is 0 Å². The van der Waals surface area contributed by atoms with Crippen LogP contribution in [-0.2, 0) is 4.79 Å². The number of rotatable bonds is 12. The fourth-order valence-corrected chi connectivity index (χ4v) is 2.09. The lowest BCUT2D eigenvalue weighted by molar-refractivity contribution is -0.136. The zero-order valence-electron chi connectivity index (χ0n) is 11.1. The molecular weight excluding hydrogens is 236 g/mol. The summed E-state index contributed by atoms with van der Waals surface area (Å²) in [4.78, 5) is 10.5. The lowest BCUT2D eigenvalue weighted by Gasteiger charge is -2.04. The first-order valence-electron chi connectivity index (χ1n) is 7.05. The van der Waals surface area contributed by atoms with Gasteiger partial charge in [0.25, 0.3) is 0 Å². The second-order valence-corrected chi connectivity index (χ2v) is 5.30. The first kappa shape index (κ1) is 16.8. The van der Waals surface area contributed by atoms with Crippen molar-refractivity contribution in [1.29, 1.82) is 0 Å². The summed E-state index contributed by atoms with van der Waals surface area (Å²) in [5.41, 5.74) is 0. The van der Waals surface area contributed by atoms with Crippen LogP contribution >= 0.6 is 11.6 Å². The number of carboxylic acids is 1. The van der Waals surface area contributed by atoms with Gasteiger partial charge in [0.15, 0.2) is 0 Å². The summed E-state index contributed by atoms with van der Waals surface area (Å²) in [6.07, 6.45) is 13.3. The summed E-state index contributed by atoms with van der Waals surface area (Å²) in [7, 11) is 0. The maximum atomic E-state index is 10.5. The number of hydrogen-bond acceptors (Lipinski definition) is 1. The van der Waals surface area contributed by atoms with E-state index in [0.29, 0.717) is 6.42 Å². The number of aliphatic carboxylic acids is 1. The third-order valence-electron chi connectivity index (χ3n) is 3.08. The molecule has 1 atom stereocenters. The van der Waals surface area contributed by atoms with Crippen LogP contribution < -0.4 is 0 Å². The van der Waals surface area contributed by atoms with E-state index in [4.69, 9.17) is 16.7 Å². The van der Waals surface area contributed by atoms with Gasteiger partial charge in [-0.2, -0.15) is 0 Å². The fraction of sp³-hybridized carbons (Fsp3) is 0.929. The quantitative estimate of drug-likeness (QED) is 0.397. The molecule has 17 heavy (non-hydrogen) atoms. The van der Waals surface area contributed by atoms with E-state index in [9.17, 15) is 4.79 Å². The maximum Gasteiger partial charge on any atom is 0.321 e. The molecule has 3 heteroatoms. The molecule has 0 aromatic rings. The van der Waals surface area contributed by atoms with E-state index in [-0.39, 0.29) is 0 Å². The van der Waals surface area contributed by atoms with Crippen molar-refractivity contribution in [3.05, 3.63) is 0 Å². The zero-order valence-corrected chi connectivity index (χ0v) is 11.8. The molecule has 0 aliphatic heterocycles. The standard InChI is InChI=1S/C14H27ClO2/c1-2-3-4-5-6-7-8-9-10-11-12-13(15)14(16)17/h13H,2-12H2,1H3,(H,16,17). The summed E-state index contributed by atoms with van der Waals surface area (Å²) >= 11 is 5.63. The average molecular weight is 263 g/mol. The monoisotopic (exact) mass is 262 g/mol. The Morgan fingerprint density at radius 3 is 1.76 bits per heavy atom. The lowest BCUT2D eigenvalue weighted by atomic mass is 10.1. The van der Waals surface area contributed by atoms with E-state index in [2.05, 4.69) is 6.92 Å². The van der Waals surface area contributed by atoms with Crippen molar-refractivity contribution in [2.75, 3.05) is 0 Å². The highest BCUT2D eigenvalue weighted by molar-refractivity contribution is 6.29. The van der Waals surface area contributed by atoms with Gasteiger partial charge in [-0.15, -0.1) is 11.6 Å². The minimum atomic E-state index is -0.886. The van der Waals surface area contributed by atoms with Crippen molar-refractivity contribution in [3.8, 4) is 0 Å². The normalized spacial score (nSPS) is 12.6. The molecule has 0 aromatic heterocycles. The minimum Gasteiger partial charge on any atom is -0.480 e. The molecule has 1 N–H and O–H groups in total. The second-order valence-electron chi connectivity index (χ2n) is 4.78. The first-order valence-corrected chi connectivity index (χ1v) is 7.49. The van der Waals surface area contributed by atoms with Gasteiger partial charge in [-0.1, -0.05) is 71.1 Å². The molecule has 0 rings (SSSR count). The summed E-state index contributed by atoms with van der Waals surface area (Å²) in [6.45, 7) is 2.24. The molecule has 0 spiro atoms.